The number of ether oxygens (including phenoxy) is 2. The number of carbonyl (C=O) groups excluding carboxylic acids is 1. The number of fused-ring (bicyclic) bond motifs is 1. The second-order valence-corrected chi connectivity index (χ2v) is 5.56. The van der Waals surface area contributed by atoms with E-state index in [-0.39, 0.29) is 5.91 Å². The monoisotopic (exact) mass is 321 g/mol. The largest absolute Gasteiger partial charge is 0.496 e. The second-order valence-electron chi connectivity index (χ2n) is 5.56. The molecule has 24 heavy (non-hydrogen) atoms. The Morgan fingerprint density at radius 3 is 2.88 bits per heavy atom. The predicted molar refractivity (Wildman–Crippen MR) is 93.8 cm³/mol. The Morgan fingerprint density at radius 1 is 1.21 bits per heavy atom. The summed E-state index contributed by atoms with van der Waals surface area (Å²) in [5.41, 5.74) is 3.49. The number of para-hydroxylation sites is 1. The summed E-state index contributed by atoms with van der Waals surface area (Å²) < 4.78 is 10.9. The maximum absolute atomic E-state index is 12.5. The molecular formula is C20H19NO3. The van der Waals surface area contributed by atoms with Crippen LogP contribution in [0.1, 0.15) is 16.7 Å². The maximum Gasteiger partial charge on any atom is 0.251 e. The lowest BCUT2D eigenvalue weighted by molar-refractivity contribution is -0.117. The van der Waals surface area contributed by atoms with Crippen molar-refractivity contribution in [1.29, 1.82) is 0 Å². The second kappa shape index (κ2) is 7.04. The van der Waals surface area contributed by atoms with Crippen molar-refractivity contribution < 1.29 is 14.3 Å². The maximum atomic E-state index is 12.5. The fourth-order valence-electron chi connectivity index (χ4n) is 2.55. The highest BCUT2D eigenvalue weighted by molar-refractivity contribution is 6.01. The lowest BCUT2D eigenvalue weighted by Crippen LogP contribution is -2.24. The third-order valence-corrected chi connectivity index (χ3v) is 3.81. The molecule has 2 aromatic rings. The highest BCUT2D eigenvalue weighted by Gasteiger charge is 2.12. The van der Waals surface area contributed by atoms with E-state index < -0.39 is 0 Å². The standard InChI is InChI=1S/C20H19NO3/c1-14-7-8-19-17(11-14)12-15(9-10-24-19)20(22)21-13-16-5-3-4-6-18(16)23-2/h3-12H,13H2,1-2H3,(H,21,22). The molecule has 0 spiro atoms. The van der Waals surface area contributed by atoms with Crippen LogP contribution in [0.3, 0.4) is 0 Å². The Hall–Kier alpha value is -3.01. The molecule has 1 heterocycles. The number of hydrogen-bond donors (Lipinski definition) is 1. The predicted octanol–water partition coefficient (Wildman–Crippen LogP) is 3.61. The summed E-state index contributed by atoms with van der Waals surface area (Å²) in [6.45, 7) is 2.41. The van der Waals surface area contributed by atoms with E-state index >= 15 is 0 Å². The highest BCUT2D eigenvalue weighted by atomic mass is 16.5. The van der Waals surface area contributed by atoms with Crippen molar-refractivity contribution in [1.82, 2.24) is 5.32 Å². The van der Waals surface area contributed by atoms with Crippen LogP contribution in [0.25, 0.3) is 6.08 Å². The van der Waals surface area contributed by atoms with Crippen LogP contribution in [-0.2, 0) is 11.3 Å². The number of hydrogen-bond acceptors (Lipinski definition) is 3. The minimum atomic E-state index is -0.157. The summed E-state index contributed by atoms with van der Waals surface area (Å²) in [6, 6.07) is 13.5. The molecule has 1 aliphatic heterocycles. The first kappa shape index (κ1) is 15.9. The Kier molecular flexibility index (Phi) is 4.66. The van der Waals surface area contributed by atoms with Crippen LogP contribution in [0.15, 0.2) is 60.4 Å². The number of aryl methyl sites for hydroxylation is 1. The topological polar surface area (TPSA) is 47.6 Å². The Balaban J connectivity index is 1.77. The summed E-state index contributed by atoms with van der Waals surface area (Å²) in [5, 5.41) is 2.92. The van der Waals surface area contributed by atoms with E-state index in [4.69, 9.17) is 9.47 Å². The number of amides is 1. The van der Waals surface area contributed by atoms with E-state index in [1.54, 1.807) is 13.2 Å². The first-order chi connectivity index (χ1) is 11.7. The van der Waals surface area contributed by atoms with E-state index in [1.165, 1.54) is 6.26 Å². The molecule has 2 aromatic carbocycles. The fourth-order valence-corrected chi connectivity index (χ4v) is 2.55. The lowest BCUT2D eigenvalue weighted by Gasteiger charge is -2.09. The minimum absolute atomic E-state index is 0.157. The molecule has 4 heteroatoms. The van der Waals surface area contributed by atoms with Crippen molar-refractivity contribution in [2.75, 3.05) is 7.11 Å². The molecule has 0 aromatic heterocycles. The fraction of sp³-hybridized carbons (Fsp3) is 0.150. The number of nitrogens with one attached hydrogen (secondary N) is 1. The zero-order valence-corrected chi connectivity index (χ0v) is 13.7. The van der Waals surface area contributed by atoms with Gasteiger partial charge in [-0.05, 0) is 37.3 Å². The minimum Gasteiger partial charge on any atom is -0.496 e. The van der Waals surface area contributed by atoms with E-state index in [2.05, 4.69) is 5.32 Å². The number of rotatable bonds is 4. The first-order valence-corrected chi connectivity index (χ1v) is 7.73. The van der Waals surface area contributed by atoms with E-state index in [0.717, 1.165) is 28.2 Å². The van der Waals surface area contributed by atoms with Gasteiger partial charge < -0.3 is 14.8 Å². The normalized spacial score (nSPS) is 12.5. The molecule has 0 unspecified atom stereocenters. The van der Waals surface area contributed by atoms with Crippen molar-refractivity contribution in [3.05, 3.63) is 77.1 Å². The van der Waals surface area contributed by atoms with E-state index in [0.29, 0.717) is 12.1 Å². The zero-order chi connectivity index (χ0) is 16.9. The zero-order valence-electron chi connectivity index (χ0n) is 13.7. The van der Waals surface area contributed by atoms with Gasteiger partial charge in [0.15, 0.2) is 0 Å². The van der Waals surface area contributed by atoms with Gasteiger partial charge >= 0.3 is 0 Å². The number of benzene rings is 2. The Bertz CT molecular complexity index is 821. The van der Waals surface area contributed by atoms with Crippen LogP contribution in [0.4, 0.5) is 0 Å². The van der Waals surface area contributed by atoms with Gasteiger partial charge in [-0.3, -0.25) is 4.79 Å². The molecular weight excluding hydrogens is 302 g/mol. The van der Waals surface area contributed by atoms with Crippen molar-refractivity contribution in [2.24, 2.45) is 0 Å². The van der Waals surface area contributed by atoms with E-state index in [1.807, 2.05) is 55.5 Å². The highest BCUT2D eigenvalue weighted by Crippen LogP contribution is 2.26. The molecule has 0 saturated heterocycles. The van der Waals surface area contributed by atoms with Gasteiger partial charge in [0.25, 0.3) is 5.91 Å². The molecule has 0 atom stereocenters. The lowest BCUT2D eigenvalue weighted by atomic mass is 10.1. The Labute approximate surface area is 141 Å². The summed E-state index contributed by atoms with van der Waals surface area (Å²) in [7, 11) is 1.62. The molecule has 1 amide bonds. The third-order valence-electron chi connectivity index (χ3n) is 3.81. The van der Waals surface area contributed by atoms with Gasteiger partial charge in [-0.2, -0.15) is 0 Å². The van der Waals surface area contributed by atoms with Gasteiger partial charge in [-0.15, -0.1) is 0 Å². The summed E-state index contributed by atoms with van der Waals surface area (Å²) in [6.07, 6.45) is 5.05. The molecule has 0 aliphatic carbocycles. The van der Waals surface area contributed by atoms with Crippen molar-refractivity contribution in [2.45, 2.75) is 13.5 Å². The summed E-state index contributed by atoms with van der Waals surface area (Å²) in [4.78, 5) is 12.5. The average molecular weight is 321 g/mol. The molecule has 0 fully saturated rings. The SMILES string of the molecule is COc1ccccc1CNC(=O)C1=Cc2cc(C)ccc2OC=C1. The van der Waals surface area contributed by atoms with Gasteiger partial charge in [0.05, 0.1) is 13.4 Å². The molecule has 0 bridgehead atoms. The molecule has 3 rings (SSSR count). The van der Waals surface area contributed by atoms with Crippen molar-refractivity contribution >= 4 is 12.0 Å². The van der Waals surface area contributed by atoms with Crippen LogP contribution in [0.2, 0.25) is 0 Å². The number of methoxy groups -OCH3 is 1. The smallest absolute Gasteiger partial charge is 0.251 e. The molecule has 0 saturated carbocycles. The van der Waals surface area contributed by atoms with Gasteiger partial charge in [-0.1, -0.05) is 29.8 Å². The van der Waals surface area contributed by atoms with Gasteiger partial charge in [0.1, 0.15) is 11.5 Å². The van der Waals surface area contributed by atoms with E-state index in [9.17, 15) is 4.79 Å². The van der Waals surface area contributed by atoms with Crippen LogP contribution < -0.4 is 14.8 Å². The quantitative estimate of drug-likeness (QED) is 0.936. The molecule has 0 radical (unpaired) electrons. The summed E-state index contributed by atoms with van der Waals surface area (Å²) >= 11 is 0. The molecule has 4 nitrogen and oxygen atoms in total. The van der Waals surface area contributed by atoms with Crippen molar-refractivity contribution in [3.8, 4) is 11.5 Å². The summed E-state index contributed by atoms with van der Waals surface area (Å²) in [5.74, 6) is 1.34. The first-order valence-electron chi connectivity index (χ1n) is 7.73. The van der Waals surface area contributed by atoms with Gasteiger partial charge in [0.2, 0.25) is 0 Å². The number of carbonyl (C=O) groups is 1. The third kappa shape index (κ3) is 3.49. The molecule has 122 valence electrons. The van der Waals surface area contributed by atoms with Gasteiger partial charge in [0, 0.05) is 23.2 Å². The van der Waals surface area contributed by atoms with Crippen molar-refractivity contribution in [3.63, 3.8) is 0 Å². The van der Waals surface area contributed by atoms with Gasteiger partial charge in [-0.25, -0.2) is 0 Å². The molecule has 1 aliphatic rings. The van der Waals surface area contributed by atoms with Crippen LogP contribution in [-0.4, -0.2) is 13.0 Å². The van der Waals surface area contributed by atoms with Crippen LogP contribution >= 0.6 is 0 Å². The Morgan fingerprint density at radius 2 is 2.04 bits per heavy atom. The average Bonchev–Trinajstić information content (AvgIpc) is 2.81. The molecule has 1 N–H and O–H groups in total. The van der Waals surface area contributed by atoms with Crippen LogP contribution in [0, 0.1) is 6.92 Å². The van der Waals surface area contributed by atoms with Crippen LogP contribution in [0.5, 0.6) is 11.5 Å².